The number of hydrogen-bond acceptors (Lipinski definition) is 3. The molecule has 2 aromatic heterocycles. The van der Waals surface area contributed by atoms with Gasteiger partial charge in [0.05, 0.1) is 5.69 Å². The highest BCUT2D eigenvalue weighted by atomic mass is 16.1. The van der Waals surface area contributed by atoms with Crippen molar-refractivity contribution in [3.05, 3.63) is 76.2 Å². The maximum absolute atomic E-state index is 12.4. The maximum atomic E-state index is 12.4. The van der Waals surface area contributed by atoms with Crippen LogP contribution in [0.4, 0.5) is 0 Å². The molecule has 5 nitrogen and oxygen atoms in total. The van der Waals surface area contributed by atoms with E-state index in [-0.39, 0.29) is 5.91 Å². The van der Waals surface area contributed by atoms with E-state index in [1.165, 1.54) is 17.5 Å². The molecule has 1 aromatic carbocycles. The Bertz CT molecular complexity index is 957. The number of carbonyl (C=O) groups is 1. The largest absolute Gasteiger partial charge is 0.348 e. The van der Waals surface area contributed by atoms with Crippen molar-refractivity contribution in [1.82, 2.24) is 20.1 Å². The van der Waals surface area contributed by atoms with E-state index in [0.717, 1.165) is 41.2 Å². The van der Waals surface area contributed by atoms with E-state index in [0.29, 0.717) is 6.54 Å². The lowest BCUT2D eigenvalue weighted by Crippen LogP contribution is -2.23. The lowest BCUT2D eigenvalue weighted by molar-refractivity contribution is 0.0951. The fourth-order valence-corrected chi connectivity index (χ4v) is 3.50. The van der Waals surface area contributed by atoms with Gasteiger partial charge < -0.3 is 5.32 Å². The number of rotatable bonds is 4. The van der Waals surface area contributed by atoms with Gasteiger partial charge >= 0.3 is 0 Å². The standard InChI is InChI=1S/C21H22N4O/c1-14-10-15(2)25(24-14)20-9-6-16(12-22-20)13-23-21(26)19-8-7-17-4-3-5-18(17)11-19/h6-12H,3-5,13H2,1-2H3,(H,23,26). The van der Waals surface area contributed by atoms with Crippen LogP contribution in [0.15, 0.2) is 42.6 Å². The molecule has 1 aliphatic rings. The zero-order valence-electron chi connectivity index (χ0n) is 15.1. The van der Waals surface area contributed by atoms with Crippen molar-refractivity contribution in [3.8, 4) is 5.82 Å². The number of pyridine rings is 1. The second kappa shape index (κ2) is 6.75. The van der Waals surface area contributed by atoms with Crippen LogP contribution in [-0.4, -0.2) is 20.7 Å². The minimum absolute atomic E-state index is 0.0395. The summed E-state index contributed by atoms with van der Waals surface area (Å²) < 4.78 is 1.82. The Hall–Kier alpha value is -2.95. The number of aromatic nitrogens is 3. The molecule has 0 radical (unpaired) electrons. The van der Waals surface area contributed by atoms with Crippen molar-refractivity contribution >= 4 is 5.91 Å². The number of carbonyl (C=O) groups excluding carboxylic acids is 1. The summed E-state index contributed by atoms with van der Waals surface area (Å²) in [6.45, 7) is 4.43. The SMILES string of the molecule is Cc1cc(C)n(-c2ccc(CNC(=O)c3ccc4c(c3)CCC4)cn2)n1. The molecule has 4 rings (SSSR count). The first-order valence-electron chi connectivity index (χ1n) is 8.99. The molecule has 1 amide bonds. The summed E-state index contributed by atoms with van der Waals surface area (Å²) in [6, 6.07) is 12.0. The molecule has 5 heteroatoms. The van der Waals surface area contributed by atoms with Crippen LogP contribution in [0.5, 0.6) is 0 Å². The molecule has 0 spiro atoms. The van der Waals surface area contributed by atoms with Gasteiger partial charge in [-0.25, -0.2) is 9.67 Å². The number of fused-ring (bicyclic) bond motifs is 1. The molecule has 2 heterocycles. The summed E-state index contributed by atoms with van der Waals surface area (Å²) in [4.78, 5) is 16.9. The Labute approximate surface area is 153 Å². The van der Waals surface area contributed by atoms with Crippen LogP contribution in [0, 0.1) is 13.8 Å². The molecule has 3 aromatic rings. The molecule has 0 bridgehead atoms. The third-order valence-electron chi connectivity index (χ3n) is 4.85. The van der Waals surface area contributed by atoms with Gasteiger partial charge in [-0.15, -0.1) is 0 Å². The molecule has 0 atom stereocenters. The van der Waals surface area contributed by atoms with E-state index < -0.39 is 0 Å². The highest BCUT2D eigenvalue weighted by molar-refractivity contribution is 5.94. The number of nitrogens with one attached hydrogen (secondary N) is 1. The first kappa shape index (κ1) is 16.5. The van der Waals surface area contributed by atoms with Crippen LogP contribution in [0.1, 0.15) is 44.9 Å². The Morgan fingerprint density at radius 1 is 1.12 bits per heavy atom. The zero-order chi connectivity index (χ0) is 18.1. The normalized spacial score (nSPS) is 12.8. The van der Waals surface area contributed by atoms with Gasteiger partial charge in [-0.05, 0) is 74.1 Å². The molecule has 0 fully saturated rings. The first-order valence-corrected chi connectivity index (χ1v) is 8.99. The lowest BCUT2D eigenvalue weighted by Gasteiger charge is -2.08. The molecule has 0 saturated carbocycles. The second-order valence-electron chi connectivity index (χ2n) is 6.88. The maximum Gasteiger partial charge on any atom is 0.251 e. The highest BCUT2D eigenvalue weighted by Crippen LogP contribution is 2.22. The molecule has 1 aliphatic carbocycles. The van der Waals surface area contributed by atoms with Crippen LogP contribution >= 0.6 is 0 Å². The Kier molecular flexibility index (Phi) is 4.29. The van der Waals surface area contributed by atoms with E-state index in [1.54, 1.807) is 6.20 Å². The van der Waals surface area contributed by atoms with Crippen LogP contribution in [0.3, 0.4) is 0 Å². The summed E-state index contributed by atoms with van der Waals surface area (Å²) >= 11 is 0. The van der Waals surface area contributed by atoms with Crippen LogP contribution < -0.4 is 5.32 Å². The summed E-state index contributed by atoms with van der Waals surface area (Å²) in [7, 11) is 0. The Morgan fingerprint density at radius 3 is 2.69 bits per heavy atom. The summed E-state index contributed by atoms with van der Waals surface area (Å²) in [6.07, 6.45) is 5.18. The number of aryl methyl sites for hydroxylation is 4. The highest BCUT2D eigenvalue weighted by Gasteiger charge is 2.14. The molecular formula is C21H22N4O. The van der Waals surface area contributed by atoms with Gasteiger partial charge in [-0.2, -0.15) is 5.10 Å². The fourth-order valence-electron chi connectivity index (χ4n) is 3.50. The van der Waals surface area contributed by atoms with Crippen molar-refractivity contribution in [2.24, 2.45) is 0 Å². The third-order valence-corrected chi connectivity index (χ3v) is 4.85. The Balaban J connectivity index is 1.41. The van der Waals surface area contributed by atoms with Crippen molar-refractivity contribution in [1.29, 1.82) is 0 Å². The predicted molar refractivity (Wildman–Crippen MR) is 100 cm³/mol. The van der Waals surface area contributed by atoms with E-state index in [2.05, 4.69) is 21.5 Å². The molecular weight excluding hydrogens is 324 g/mol. The van der Waals surface area contributed by atoms with Crippen LogP contribution in [0.2, 0.25) is 0 Å². The fraction of sp³-hybridized carbons (Fsp3) is 0.286. The molecule has 132 valence electrons. The van der Waals surface area contributed by atoms with Gasteiger partial charge in [0.25, 0.3) is 5.91 Å². The van der Waals surface area contributed by atoms with E-state index >= 15 is 0 Å². The average molecular weight is 346 g/mol. The Morgan fingerprint density at radius 2 is 1.96 bits per heavy atom. The molecule has 0 aliphatic heterocycles. The number of hydrogen-bond donors (Lipinski definition) is 1. The quantitative estimate of drug-likeness (QED) is 0.788. The van der Waals surface area contributed by atoms with Gasteiger partial charge in [0, 0.05) is 24.0 Å². The molecule has 0 saturated heterocycles. The van der Waals surface area contributed by atoms with Crippen LogP contribution in [-0.2, 0) is 19.4 Å². The van der Waals surface area contributed by atoms with Gasteiger partial charge in [-0.1, -0.05) is 12.1 Å². The van der Waals surface area contributed by atoms with Crippen molar-refractivity contribution in [2.45, 2.75) is 39.7 Å². The number of benzene rings is 1. The van der Waals surface area contributed by atoms with Gasteiger partial charge in [0.2, 0.25) is 0 Å². The van der Waals surface area contributed by atoms with E-state index in [4.69, 9.17) is 0 Å². The minimum atomic E-state index is -0.0395. The third kappa shape index (κ3) is 3.25. The summed E-state index contributed by atoms with van der Waals surface area (Å²) in [5, 5.41) is 7.42. The zero-order valence-corrected chi connectivity index (χ0v) is 15.1. The van der Waals surface area contributed by atoms with Crippen molar-refractivity contribution < 1.29 is 4.79 Å². The lowest BCUT2D eigenvalue weighted by atomic mass is 10.1. The molecule has 1 N–H and O–H groups in total. The predicted octanol–water partition coefficient (Wildman–Crippen LogP) is 3.30. The van der Waals surface area contributed by atoms with Crippen molar-refractivity contribution in [3.63, 3.8) is 0 Å². The van der Waals surface area contributed by atoms with E-state index in [9.17, 15) is 4.79 Å². The smallest absolute Gasteiger partial charge is 0.251 e. The van der Waals surface area contributed by atoms with Crippen LogP contribution in [0.25, 0.3) is 5.82 Å². The second-order valence-corrected chi connectivity index (χ2v) is 6.88. The molecule has 0 unspecified atom stereocenters. The van der Waals surface area contributed by atoms with Gasteiger partial charge in [-0.3, -0.25) is 4.79 Å². The van der Waals surface area contributed by atoms with E-state index in [1.807, 2.05) is 48.9 Å². The monoisotopic (exact) mass is 346 g/mol. The molecule has 26 heavy (non-hydrogen) atoms. The van der Waals surface area contributed by atoms with Crippen molar-refractivity contribution in [2.75, 3.05) is 0 Å². The topological polar surface area (TPSA) is 59.8 Å². The first-order chi connectivity index (χ1) is 12.6. The van der Waals surface area contributed by atoms with Gasteiger partial charge in [0.1, 0.15) is 0 Å². The summed E-state index contributed by atoms with van der Waals surface area (Å²) in [5.41, 5.74) is 6.41. The van der Waals surface area contributed by atoms with Gasteiger partial charge in [0.15, 0.2) is 5.82 Å². The number of amides is 1. The average Bonchev–Trinajstić information content (AvgIpc) is 3.25. The minimum Gasteiger partial charge on any atom is -0.348 e. The number of nitrogens with zero attached hydrogens (tertiary/aromatic N) is 3. The summed E-state index contributed by atoms with van der Waals surface area (Å²) in [5.74, 6) is 0.742.